The van der Waals surface area contributed by atoms with Gasteiger partial charge >= 0.3 is 0 Å². The van der Waals surface area contributed by atoms with Gasteiger partial charge < -0.3 is 4.74 Å². The molecule has 1 unspecified atom stereocenters. The summed E-state index contributed by atoms with van der Waals surface area (Å²) in [4.78, 5) is 8.94. The van der Waals surface area contributed by atoms with Gasteiger partial charge in [-0.15, -0.1) is 0 Å². The maximum absolute atomic E-state index is 7.88. The van der Waals surface area contributed by atoms with Crippen LogP contribution in [-0.4, -0.2) is 9.97 Å². The molecule has 3 aromatic carbocycles. The van der Waals surface area contributed by atoms with Gasteiger partial charge in [0.15, 0.2) is 0 Å². The van der Waals surface area contributed by atoms with E-state index in [9.17, 15) is 0 Å². The lowest BCUT2D eigenvalue weighted by atomic mass is 9.76. The average Bonchev–Trinajstić information content (AvgIpc) is 3.14. The monoisotopic (exact) mass is 427 g/mol. The number of hydrogen-bond acceptors (Lipinski definition) is 3. The second-order valence-electron chi connectivity index (χ2n) is 8.37. The first-order valence-corrected chi connectivity index (χ1v) is 11.0. The fraction of sp³-hybridized carbons (Fsp3) is 0.0667. The predicted molar refractivity (Wildman–Crippen MR) is 131 cm³/mol. The zero-order chi connectivity index (χ0) is 23.1. The van der Waals surface area contributed by atoms with Gasteiger partial charge in [0.05, 0.1) is 12.5 Å². The van der Waals surface area contributed by atoms with Crippen molar-refractivity contribution in [1.29, 1.82) is 0 Å². The molecule has 1 aliphatic carbocycles. The molecular weight excluding hydrogens is 404 g/mol. The van der Waals surface area contributed by atoms with Gasteiger partial charge in [0.1, 0.15) is 5.75 Å². The van der Waals surface area contributed by atoms with Gasteiger partial charge in [0.2, 0.25) is 5.88 Å². The van der Waals surface area contributed by atoms with Crippen LogP contribution in [0.4, 0.5) is 0 Å². The molecule has 158 valence electrons. The Balaban J connectivity index is 1.46. The number of nitrogens with zero attached hydrogens (tertiary/aromatic N) is 2. The second kappa shape index (κ2) is 7.72. The summed E-state index contributed by atoms with van der Waals surface area (Å²) in [6, 6.07) is 33.1. The molecule has 0 fully saturated rings. The maximum atomic E-state index is 7.88. The molecule has 2 aromatic heterocycles. The Labute approximate surface area is 194 Å². The van der Waals surface area contributed by atoms with Gasteiger partial charge in [-0.25, -0.2) is 4.98 Å². The highest BCUT2D eigenvalue weighted by molar-refractivity contribution is 5.85. The van der Waals surface area contributed by atoms with E-state index in [2.05, 4.69) is 65.4 Å². The van der Waals surface area contributed by atoms with E-state index < -0.39 is 5.41 Å². The van der Waals surface area contributed by atoms with Crippen LogP contribution in [-0.2, 0) is 5.41 Å². The van der Waals surface area contributed by atoms with Gasteiger partial charge in [-0.2, -0.15) is 0 Å². The number of aromatic nitrogens is 2. The number of benzene rings is 3. The van der Waals surface area contributed by atoms with E-state index in [1.165, 1.54) is 22.3 Å². The second-order valence-corrected chi connectivity index (χ2v) is 8.37. The molecule has 0 saturated carbocycles. The molecule has 0 bridgehead atoms. The Morgan fingerprint density at radius 2 is 1.55 bits per heavy atom. The number of pyridine rings is 2. The topological polar surface area (TPSA) is 35.0 Å². The molecule has 5 aromatic rings. The zero-order valence-electron chi connectivity index (χ0n) is 19.2. The molecule has 1 atom stereocenters. The van der Waals surface area contributed by atoms with Crippen molar-refractivity contribution in [3.8, 4) is 33.9 Å². The van der Waals surface area contributed by atoms with Crippen LogP contribution >= 0.6 is 0 Å². The summed E-state index contributed by atoms with van der Waals surface area (Å²) in [5.41, 5.74) is 7.63. The normalized spacial score (nSPS) is 16.6. The van der Waals surface area contributed by atoms with Crippen LogP contribution in [0.3, 0.4) is 0 Å². The summed E-state index contributed by atoms with van der Waals surface area (Å²) in [5, 5.41) is 0. The van der Waals surface area contributed by atoms with Crippen LogP contribution in [0.25, 0.3) is 22.3 Å². The van der Waals surface area contributed by atoms with E-state index in [4.69, 9.17) is 6.11 Å². The van der Waals surface area contributed by atoms with Crippen molar-refractivity contribution >= 4 is 0 Å². The smallest absolute Gasteiger partial charge is 0.219 e. The van der Waals surface area contributed by atoms with Crippen molar-refractivity contribution in [3.63, 3.8) is 0 Å². The molecule has 0 N–H and O–H groups in total. The summed E-state index contributed by atoms with van der Waals surface area (Å²) < 4.78 is 13.9. The molecule has 0 saturated heterocycles. The van der Waals surface area contributed by atoms with Crippen molar-refractivity contribution < 1.29 is 6.11 Å². The summed E-state index contributed by atoms with van der Waals surface area (Å²) in [5.74, 6) is 1.32. The highest BCUT2D eigenvalue weighted by atomic mass is 16.5. The lowest BCUT2D eigenvalue weighted by Crippen LogP contribution is -2.23. The summed E-state index contributed by atoms with van der Waals surface area (Å²) in [6.07, 6.45) is 3.35. The van der Waals surface area contributed by atoms with E-state index in [1.54, 1.807) is 12.4 Å². The van der Waals surface area contributed by atoms with Crippen LogP contribution in [0.15, 0.2) is 115 Å². The molecule has 1 aliphatic rings. The predicted octanol–water partition coefficient (Wildman–Crippen LogP) is 7.27. The SMILES string of the molecule is [2H]c1ccc(C2(C)c3ccccc3-c3ccc(-c4cccc(Oc5ccccn5)c4)cc32)nc1. The summed E-state index contributed by atoms with van der Waals surface area (Å²) >= 11 is 0. The fourth-order valence-electron chi connectivity index (χ4n) is 4.83. The quantitative estimate of drug-likeness (QED) is 0.302. The Morgan fingerprint density at radius 1 is 0.697 bits per heavy atom. The van der Waals surface area contributed by atoms with E-state index in [-0.39, 0.29) is 0 Å². The van der Waals surface area contributed by atoms with Crippen molar-refractivity contribution in [2.75, 3.05) is 0 Å². The van der Waals surface area contributed by atoms with E-state index in [1.807, 2.05) is 48.5 Å². The minimum Gasteiger partial charge on any atom is -0.439 e. The molecule has 0 aliphatic heterocycles. The van der Waals surface area contributed by atoms with E-state index in [0.29, 0.717) is 11.9 Å². The molecule has 0 spiro atoms. The molecule has 0 radical (unpaired) electrons. The van der Waals surface area contributed by atoms with Crippen molar-refractivity contribution in [2.24, 2.45) is 0 Å². The molecular formula is C30H22N2O. The van der Waals surface area contributed by atoms with Crippen molar-refractivity contribution in [3.05, 3.63) is 132 Å². The molecule has 0 amide bonds. The average molecular weight is 428 g/mol. The highest BCUT2D eigenvalue weighted by Gasteiger charge is 2.41. The van der Waals surface area contributed by atoms with Crippen LogP contribution < -0.4 is 4.74 Å². The third-order valence-corrected chi connectivity index (χ3v) is 6.47. The van der Waals surface area contributed by atoms with Gasteiger partial charge in [0, 0.05) is 18.5 Å². The Kier molecular flexibility index (Phi) is 4.29. The van der Waals surface area contributed by atoms with Crippen molar-refractivity contribution in [2.45, 2.75) is 12.3 Å². The lowest BCUT2D eigenvalue weighted by molar-refractivity contribution is 0.463. The molecule has 2 heterocycles. The Hall–Kier alpha value is -4.24. The van der Waals surface area contributed by atoms with Gasteiger partial charge in [0.25, 0.3) is 0 Å². The first-order chi connectivity index (χ1) is 16.6. The molecule has 3 nitrogen and oxygen atoms in total. The Morgan fingerprint density at radius 3 is 2.39 bits per heavy atom. The largest absolute Gasteiger partial charge is 0.439 e. The number of ether oxygens (including phenoxy) is 1. The van der Waals surface area contributed by atoms with Crippen LogP contribution in [0.1, 0.15) is 25.1 Å². The number of rotatable bonds is 4. The zero-order valence-corrected chi connectivity index (χ0v) is 18.2. The first kappa shape index (κ1) is 18.3. The number of fused-ring (bicyclic) bond motifs is 3. The van der Waals surface area contributed by atoms with Crippen LogP contribution in [0.2, 0.25) is 0 Å². The lowest BCUT2D eigenvalue weighted by Gasteiger charge is -2.27. The Bertz CT molecular complexity index is 1500. The van der Waals surface area contributed by atoms with Crippen LogP contribution in [0, 0.1) is 0 Å². The summed E-state index contributed by atoms with van der Waals surface area (Å²) in [6.45, 7) is 2.23. The third-order valence-electron chi connectivity index (χ3n) is 6.47. The molecule has 33 heavy (non-hydrogen) atoms. The van der Waals surface area contributed by atoms with E-state index in [0.717, 1.165) is 22.6 Å². The van der Waals surface area contributed by atoms with Gasteiger partial charge in [-0.05, 0) is 76.7 Å². The highest BCUT2D eigenvalue weighted by Crippen LogP contribution is 2.52. The van der Waals surface area contributed by atoms with E-state index >= 15 is 0 Å². The standard InChI is InChI=1S/C30H22N2O/c1-30(28-13-4-6-17-31-28)26-12-3-2-11-24(26)25-16-15-22(20-27(25)30)21-9-8-10-23(19-21)33-29-14-5-7-18-32-29/h2-20H,1H3/i6D. The van der Waals surface area contributed by atoms with Gasteiger partial charge in [-0.3, -0.25) is 4.98 Å². The third kappa shape index (κ3) is 3.21. The first-order valence-electron chi connectivity index (χ1n) is 11.5. The minimum absolute atomic E-state index is 0.405. The minimum atomic E-state index is -0.405. The number of hydrogen-bond donors (Lipinski definition) is 0. The van der Waals surface area contributed by atoms with Gasteiger partial charge in [-0.1, -0.05) is 60.7 Å². The fourth-order valence-corrected chi connectivity index (χ4v) is 4.83. The molecule has 3 heteroatoms. The maximum Gasteiger partial charge on any atom is 0.219 e. The van der Waals surface area contributed by atoms with Crippen molar-refractivity contribution in [1.82, 2.24) is 9.97 Å². The summed E-state index contributed by atoms with van der Waals surface area (Å²) in [7, 11) is 0. The molecule has 6 rings (SSSR count). The van der Waals surface area contributed by atoms with Crippen LogP contribution in [0.5, 0.6) is 11.6 Å².